The molecule has 0 spiro atoms. The average molecular weight is 425 g/mol. The number of methoxy groups -OCH3 is 1. The van der Waals surface area contributed by atoms with Gasteiger partial charge in [-0.3, -0.25) is 4.79 Å². The minimum atomic E-state index is -0.0482. The maximum atomic E-state index is 12.4. The number of rotatable bonds is 8. The van der Waals surface area contributed by atoms with Gasteiger partial charge in [0.2, 0.25) is 5.91 Å². The predicted octanol–water partition coefficient (Wildman–Crippen LogP) is 4.83. The smallest absolute Gasteiger partial charge is 0.244 e. The Kier molecular flexibility index (Phi) is 6.35. The number of carbonyl (C=O) groups is 1. The van der Waals surface area contributed by atoms with Gasteiger partial charge in [0.05, 0.1) is 18.4 Å². The van der Waals surface area contributed by atoms with Gasteiger partial charge in [-0.05, 0) is 81.6 Å². The molecule has 166 valence electrons. The Morgan fingerprint density at radius 3 is 2.77 bits per heavy atom. The van der Waals surface area contributed by atoms with Crippen LogP contribution in [0.5, 0.6) is 11.5 Å². The fourth-order valence-corrected chi connectivity index (χ4v) is 5.22. The number of nitrogens with one attached hydrogen (secondary N) is 1. The molecule has 1 aromatic carbocycles. The molecule has 4 rings (SSSR count). The van der Waals surface area contributed by atoms with E-state index in [-0.39, 0.29) is 11.9 Å². The first kappa shape index (κ1) is 21.5. The zero-order valence-electron chi connectivity index (χ0n) is 18.8. The highest BCUT2D eigenvalue weighted by Crippen LogP contribution is 2.49. The first-order valence-electron chi connectivity index (χ1n) is 11.2. The maximum Gasteiger partial charge on any atom is 0.244 e. The Morgan fingerprint density at radius 2 is 2.13 bits per heavy atom. The van der Waals surface area contributed by atoms with Crippen LogP contribution in [0.3, 0.4) is 0 Å². The second-order valence-electron chi connectivity index (χ2n) is 8.97. The quantitative estimate of drug-likeness (QED) is 0.614. The van der Waals surface area contributed by atoms with E-state index in [4.69, 9.17) is 14.0 Å². The lowest BCUT2D eigenvalue weighted by molar-refractivity contribution is -0.117. The number of aromatic nitrogens is 1. The largest absolute Gasteiger partial charge is 0.493 e. The fourth-order valence-electron chi connectivity index (χ4n) is 5.22. The Hall–Kier alpha value is -2.76. The van der Waals surface area contributed by atoms with Crippen LogP contribution in [-0.2, 0) is 11.4 Å². The summed E-state index contributed by atoms with van der Waals surface area (Å²) in [6.07, 6.45) is 8.73. The number of hydrogen-bond acceptors (Lipinski definition) is 5. The molecule has 6 nitrogen and oxygen atoms in total. The summed E-state index contributed by atoms with van der Waals surface area (Å²) in [6, 6.07) is 5.86. The first-order valence-corrected chi connectivity index (χ1v) is 11.2. The Balaban J connectivity index is 1.34. The topological polar surface area (TPSA) is 73.6 Å². The van der Waals surface area contributed by atoms with Crippen molar-refractivity contribution in [3.63, 3.8) is 0 Å². The van der Waals surface area contributed by atoms with E-state index in [1.807, 2.05) is 38.1 Å². The van der Waals surface area contributed by atoms with Gasteiger partial charge in [0.15, 0.2) is 11.5 Å². The van der Waals surface area contributed by atoms with Crippen LogP contribution in [0.15, 0.2) is 28.8 Å². The summed E-state index contributed by atoms with van der Waals surface area (Å²) in [5.74, 6) is 4.26. The molecule has 6 heteroatoms. The molecular weight excluding hydrogens is 392 g/mol. The normalized spacial score (nSPS) is 23.3. The van der Waals surface area contributed by atoms with E-state index in [1.165, 1.54) is 25.7 Å². The summed E-state index contributed by atoms with van der Waals surface area (Å²) in [6.45, 7) is 6.26. The van der Waals surface area contributed by atoms with Gasteiger partial charge in [-0.25, -0.2) is 0 Å². The van der Waals surface area contributed by atoms with Crippen LogP contribution in [0.25, 0.3) is 6.08 Å². The fraction of sp³-hybridized carbons (Fsp3) is 0.520. The third-order valence-corrected chi connectivity index (χ3v) is 6.97. The summed E-state index contributed by atoms with van der Waals surface area (Å²) in [5.41, 5.74) is 2.64. The van der Waals surface area contributed by atoms with Crippen molar-refractivity contribution in [1.29, 1.82) is 0 Å². The van der Waals surface area contributed by atoms with Crippen LogP contribution in [0, 0.1) is 31.6 Å². The molecule has 4 unspecified atom stereocenters. The highest BCUT2D eigenvalue weighted by Gasteiger charge is 2.41. The third-order valence-electron chi connectivity index (χ3n) is 6.97. The monoisotopic (exact) mass is 424 g/mol. The van der Waals surface area contributed by atoms with E-state index in [1.54, 1.807) is 13.2 Å². The molecule has 0 radical (unpaired) electrons. The van der Waals surface area contributed by atoms with Crippen molar-refractivity contribution in [2.75, 3.05) is 7.11 Å². The minimum absolute atomic E-state index is 0.0482. The molecule has 2 bridgehead atoms. The molecule has 31 heavy (non-hydrogen) atoms. The summed E-state index contributed by atoms with van der Waals surface area (Å²) in [4.78, 5) is 12.4. The molecular formula is C25H32N2O4. The Labute approximate surface area is 184 Å². The van der Waals surface area contributed by atoms with Gasteiger partial charge in [0.25, 0.3) is 0 Å². The van der Waals surface area contributed by atoms with E-state index in [0.717, 1.165) is 34.4 Å². The van der Waals surface area contributed by atoms with Gasteiger partial charge >= 0.3 is 0 Å². The molecule has 2 aliphatic carbocycles. The van der Waals surface area contributed by atoms with Crippen LogP contribution in [0.2, 0.25) is 0 Å². The zero-order chi connectivity index (χ0) is 22.0. The van der Waals surface area contributed by atoms with E-state index < -0.39 is 0 Å². The molecule has 0 saturated heterocycles. The molecule has 2 aliphatic rings. The van der Waals surface area contributed by atoms with Gasteiger partial charge in [-0.15, -0.1) is 0 Å². The van der Waals surface area contributed by atoms with E-state index in [9.17, 15) is 4.79 Å². The predicted molar refractivity (Wildman–Crippen MR) is 119 cm³/mol. The van der Waals surface area contributed by atoms with E-state index in [0.29, 0.717) is 24.0 Å². The maximum absolute atomic E-state index is 12.4. The van der Waals surface area contributed by atoms with Crippen molar-refractivity contribution < 1.29 is 18.8 Å². The molecule has 1 amide bonds. The number of ether oxygens (including phenoxy) is 2. The number of carbonyl (C=O) groups excluding carboxylic acids is 1. The average Bonchev–Trinajstić information content (AvgIpc) is 3.48. The molecule has 2 saturated carbocycles. The Bertz CT molecular complexity index is 945. The lowest BCUT2D eigenvalue weighted by Gasteiger charge is -2.28. The summed E-state index contributed by atoms with van der Waals surface area (Å²) in [5, 5.41) is 7.12. The Morgan fingerprint density at radius 1 is 1.29 bits per heavy atom. The number of fused-ring (bicyclic) bond motifs is 2. The van der Waals surface area contributed by atoms with Gasteiger partial charge in [0, 0.05) is 12.1 Å². The van der Waals surface area contributed by atoms with Gasteiger partial charge in [-0.2, -0.15) is 0 Å². The van der Waals surface area contributed by atoms with E-state index >= 15 is 0 Å². The number of hydrogen-bond donors (Lipinski definition) is 1. The molecule has 1 aromatic heterocycles. The lowest BCUT2D eigenvalue weighted by Crippen LogP contribution is -2.39. The molecule has 1 heterocycles. The summed E-state index contributed by atoms with van der Waals surface area (Å²) in [7, 11) is 1.61. The van der Waals surface area contributed by atoms with E-state index in [2.05, 4.69) is 17.4 Å². The van der Waals surface area contributed by atoms with Gasteiger partial charge < -0.3 is 19.3 Å². The van der Waals surface area contributed by atoms with Crippen molar-refractivity contribution in [2.24, 2.45) is 17.8 Å². The van der Waals surface area contributed by atoms with Crippen LogP contribution < -0.4 is 14.8 Å². The van der Waals surface area contributed by atoms with Crippen molar-refractivity contribution in [1.82, 2.24) is 10.5 Å². The molecule has 2 aromatic rings. The number of nitrogens with zero attached hydrogens (tertiary/aromatic N) is 1. The molecule has 4 atom stereocenters. The minimum Gasteiger partial charge on any atom is -0.493 e. The number of aryl methyl sites for hydroxylation is 2. The van der Waals surface area contributed by atoms with Crippen LogP contribution in [-0.4, -0.2) is 24.2 Å². The molecule has 2 fully saturated rings. The summed E-state index contributed by atoms with van der Waals surface area (Å²) >= 11 is 0. The number of benzene rings is 1. The van der Waals surface area contributed by atoms with Crippen LogP contribution >= 0.6 is 0 Å². The van der Waals surface area contributed by atoms with Crippen molar-refractivity contribution in [3.05, 3.63) is 46.9 Å². The lowest BCUT2D eigenvalue weighted by atomic mass is 9.84. The van der Waals surface area contributed by atoms with Crippen molar-refractivity contribution in [3.8, 4) is 11.5 Å². The van der Waals surface area contributed by atoms with Crippen molar-refractivity contribution >= 4 is 12.0 Å². The second kappa shape index (κ2) is 9.16. The second-order valence-corrected chi connectivity index (χ2v) is 8.97. The van der Waals surface area contributed by atoms with Gasteiger partial charge in [0.1, 0.15) is 12.4 Å². The standard InChI is InChI=1S/C25H32N2O4/c1-15(21-12-19-5-8-20(21)11-19)26-25(28)10-7-18-6-9-23(24(13-18)29-4)30-14-22-16(2)27-31-17(22)3/h6-7,9-10,13,15,19-21H,5,8,11-12,14H2,1-4H3,(H,26,28)/b10-7+. The third kappa shape index (κ3) is 4.78. The SMILES string of the molecule is COc1cc(/C=C/C(=O)NC(C)C2CC3CCC2C3)ccc1OCc1c(C)noc1C. The van der Waals surface area contributed by atoms with Crippen molar-refractivity contribution in [2.45, 2.75) is 59.1 Å². The van der Waals surface area contributed by atoms with Gasteiger partial charge in [-0.1, -0.05) is 17.6 Å². The highest BCUT2D eigenvalue weighted by atomic mass is 16.5. The first-order chi connectivity index (χ1) is 14.9. The van der Waals surface area contributed by atoms with Crippen LogP contribution in [0.4, 0.5) is 0 Å². The molecule has 1 N–H and O–H groups in total. The summed E-state index contributed by atoms with van der Waals surface area (Å²) < 4.78 is 16.6. The number of amides is 1. The van der Waals surface area contributed by atoms with Crippen LogP contribution in [0.1, 0.15) is 55.2 Å². The molecule has 0 aliphatic heterocycles. The zero-order valence-corrected chi connectivity index (χ0v) is 18.8. The highest BCUT2D eigenvalue weighted by molar-refractivity contribution is 5.92.